The van der Waals surface area contributed by atoms with Crippen molar-refractivity contribution in [3.05, 3.63) is 21.9 Å². The maximum absolute atomic E-state index is 12.3. The molecule has 1 aliphatic rings. The number of nitriles is 1. The maximum Gasteiger partial charge on any atom is 0.277 e. The molecule has 6 nitrogen and oxygen atoms in total. The molecular weight excluding hydrogens is 380 g/mol. The lowest BCUT2D eigenvalue weighted by Gasteiger charge is -2.33. The first-order valence-electron chi connectivity index (χ1n) is 9.11. The van der Waals surface area contributed by atoms with E-state index in [9.17, 15) is 10.1 Å². The minimum absolute atomic E-state index is 0.168. The van der Waals surface area contributed by atoms with Crippen LogP contribution in [0.25, 0.3) is 0 Å². The van der Waals surface area contributed by atoms with Gasteiger partial charge in [-0.2, -0.15) is 5.26 Å². The van der Waals surface area contributed by atoms with Gasteiger partial charge in [0.2, 0.25) is 11.8 Å². The molecule has 0 saturated heterocycles. The fourth-order valence-corrected chi connectivity index (χ4v) is 5.14. The summed E-state index contributed by atoms with van der Waals surface area (Å²) in [4.78, 5) is 13.6. The Morgan fingerprint density at radius 2 is 2.22 bits per heavy atom. The van der Waals surface area contributed by atoms with Crippen LogP contribution in [-0.4, -0.2) is 21.9 Å². The first-order chi connectivity index (χ1) is 12.8. The lowest BCUT2D eigenvalue weighted by Crippen LogP contribution is -2.26. The van der Waals surface area contributed by atoms with Gasteiger partial charge in [0.15, 0.2) is 0 Å². The Morgan fingerprint density at radius 1 is 1.44 bits per heavy atom. The average molecular weight is 405 g/mol. The standard InChI is InChI=1S/C19H24N4O2S2/c1-5-16-22-23-18(25-16)26-10-15(24)21-17-13(9-20)12-7-6-11(19(2,3)4)8-14(12)27-17/h11H,5-8,10H2,1-4H3,(H,21,24). The van der Waals surface area contributed by atoms with Crippen LogP contribution in [-0.2, 0) is 24.1 Å². The monoisotopic (exact) mass is 404 g/mol. The summed E-state index contributed by atoms with van der Waals surface area (Å²) >= 11 is 2.75. The second kappa shape index (κ2) is 8.03. The summed E-state index contributed by atoms with van der Waals surface area (Å²) in [6, 6.07) is 2.30. The van der Waals surface area contributed by atoms with Crippen molar-refractivity contribution in [2.45, 2.75) is 58.6 Å². The molecule has 2 aromatic heterocycles. The van der Waals surface area contributed by atoms with Gasteiger partial charge in [-0.3, -0.25) is 4.79 Å². The summed E-state index contributed by atoms with van der Waals surface area (Å²) in [6.07, 6.45) is 3.64. The van der Waals surface area contributed by atoms with E-state index in [2.05, 4.69) is 42.4 Å². The summed E-state index contributed by atoms with van der Waals surface area (Å²) < 4.78 is 5.40. The number of nitrogens with one attached hydrogen (secondary N) is 1. The predicted molar refractivity (Wildman–Crippen MR) is 107 cm³/mol. The molecule has 1 atom stereocenters. The van der Waals surface area contributed by atoms with Crippen molar-refractivity contribution in [3.63, 3.8) is 0 Å². The van der Waals surface area contributed by atoms with Crippen molar-refractivity contribution in [2.24, 2.45) is 11.3 Å². The Balaban J connectivity index is 1.67. The molecule has 1 amide bonds. The number of carbonyl (C=O) groups is 1. The van der Waals surface area contributed by atoms with Crippen LogP contribution in [0.5, 0.6) is 0 Å². The smallest absolute Gasteiger partial charge is 0.277 e. The first-order valence-corrected chi connectivity index (χ1v) is 10.9. The highest BCUT2D eigenvalue weighted by molar-refractivity contribution is 7.99. The number of hydrogen-bond acceptors (Lipinski definition) is 7. The van der Waals surface area contributed by atoms with Gasteiger partial charge in [0.05, 0.1) is 11.3 Å². The van der Waals surface area contributed by atoms with Crippen LogP contribution < -0.4 is 5.32 Å². The molecule has 27 heavy (non-hydrogen) atoms. The Hall–Kier alpha value is -1.85. The van der Waals surface area contributed by atoms with Gasteiger partial charge in [0.25, 0.3) is 5.22 Å². The third-order valence-electron chi connectivity index (χ3n) is 4.93. The number of fused-ring (bicyclic) bond motifs is 1. The lowest BCUT2D eigenvalue weighted by molar-refractivity contribution is -0.113. The van der Waals surface area contributed by atoms with Crippen molar-refractivity contribution in [1.82, 2.24) is 10.2 Å². The molecule has 144 valence electrons. The van der Waals surface area contributed by atoms with E-state index in [1.54, 1.807) is 11.3 Å². The fraction of sp³-hybridized carbons (Fsp3) is 0.579. The molecule has 2 heterocycles. The van der Waals surface area contributed by atoms with E-state index in [4.69, 9.17) is 4.42 Å². The van der Waals surface area contributed by atoms with Crippen LogP contribution in [0.4, 0.5) is 5.00 Å². The quantitative estimate of drug-likeness (QED) is 0.740. The van der Waals surface area contributed by atoms with E-state index < -0.39 is 0 Å². The molecular formula is C19H24N4O2S2. The molecule has 0 bridgehead atoms. The normalized spacial score (nSPS) is 16.6. The van der Waals surface area contributed by atoms with Crippen LogP contribution in [0.3, 0.4) is 0 Å². The van der Waals surface area contributed by atoms with Crippen molar-refractivity contribution >= 4 is 34.0 Å². The number of rotatable bonds is 5. The number of aromatic nitrogens is 2. The largest absolute Gasteiger partial charge is 0.416 e. The molecule has 0 spiro atoms. The van der Waals surface area contributed by atoms with Crippen molar-refractivity contribution in [2.75, 3.05) is 11.1 Å². The molecule has 2 aromatic rings. The molecule has 0 aliphatic heterocycles. The number of amides is 1. The molecule has 3 rings (SSSR count). The van der Waals surface area contributed by atoms with Gasteiger partial charge in [-0.1, -0.05) is 39.5 Å². The number of nitrogens with zero attached hydrogens (tertiary/aromatic N) is 3. The molecule has 8 heteroatoms. The highest BCUT2D eigenvalue weighted by Crippen LogP contribution is 2.44. The lowest BCUT2D eigenvalue weighted by atomic mass is 9.72. The van der Waals surface area contributed by atoms with E-state index in [1.165, 1.54) is 16.6 Å². The summed E-state index contributed by atoms with van der Waals surface area (Å²) in [5, 5.41) is 21.4. The first kappa shape index (κ1) is 19.9. The average Bonchev–Trinajstić information content (AvgIpc) is 3.22. The van der Waals surface area contributed by atoms with Gasteiger partial charge in [-0.25, -0.2) is 0 Å². The van der Waals surface area contributed by atoms with Crippen molar-refractivity contribution < 1.29 is 9.21 Å². The molecule has 1 N–H and O–H groups in total. The Labute approximate surface area is 167 Å². The van der Waals surface area contributed by atoms with E-state index in [1.807, 2.05) is 6.92 Å². The summed E-state index contributed by atoms with van der Waals surface area (Å²) in [6.45, 7) is 8.73. The summed E-state index contributed by atoms with van der Waals surface area (Å²) in [5.41, 5.74) is 2.00. The number of carbonyl (C=O) groups excluding carboxylic acids is 1. The van der Waals surface area contributed by atoms with Gasteiger partial charge < -0.3 is 9.73 Å². The van der Waals surface area contributed by atoms with E-state index in [0.29, 0.717) is 34.0 Å². The number of anilines is 1. The number of thiophene rings is 1. The number of aryl methyl sites for hydroxylation is 1. The van der Waals surface area contributed by atoms with Crippen LogP contribution in [0.15, 0.2) is 9.64 Å². The zero-order chi connectivity index (χ0) is 19.6. The number of hydrogen-bond donors (Lipinski definition) is 1. The van der Waals surface area contributed by atoms with Crippen LogP contribution in [0, 0.1) is 22.7 Å². The summed E-state index contributed by atoms with van der Waals surface area (Å²) in [7, 11) is 0. The van der Waals surface area contributed by atoms with E-state index in [0.717, 1.165) is 24.8 Å². The molecule has 1 unspecified atom stereocenters. The van der Waals surface area contributed by atoms with Gasteiger partial charge >= 0.3 is 0 Å². The highest BCUT2D eigenvalue weighted by atomic mass is 32.2. The third kappa shape index (κ3) is 4.53. The molecule has 0 saturated carbocycles. The topological polar surface area (TPSA) is 91.8 Å². The Kier molecular flexibility index (Phi) is 5.92. The second-order valence-electron chi connectivity index (χ2n) is 7.78. The van der Waals surface area contributed by atoms with Crippen LogP contribution in [0.2, 0.25) is 0 Å². The predicted octanol–water partition coefficient (Wildman–Crippen LogP) is 4.45. The van der Waals surface area contributed by atoms with Gasteiger partial charge in [-0.05, 0) is 36.2 Å². The highest BCUT2D eigenvalue weighted by Gasteiger charge is 2.32. The van der Waals surface area contributed by atoms with E-state index in [-0.39, 0.29) is 17.1 Å². The molecule has 0 fully saturated rings. The van der Waals surface area contributed by atoms with Gasteiger partial charge in [0, 0.05) is 11.3 Å². The Bertz CT molecular complexity index is 873. The number of thioether (sulfide) groups is 1. The molecule has 0 aromatic carbocycles. The zero-order valence-corrected chi connectivity index (χ0v) is 17.7. The minimum Gasteiger partial charge on any atom is -0.416 e. The van der Waals surface area contributed by atoms with Gasteiger partial charge in [-0.15, -0.1) is 21.5 Å². The van der Waals surface area contributed by atoms with Crippen molar-refractivity contribution in [1.29, 1.82) is 5.26 Å². The summed E-state index contributed by atoms with van der Waals surface area (Å²) in [5.74, 6) is 1.16. The third-order valence-corrected chi connectivity index (χ3v) is 6.92. The Morgan fingerprint density at radius 3 is 2.85 bits per heavy atom. The van der Waals surface area contributed by atoms with Gasteiger partial charge in [0.1, 0.15) is 11.1 Å². The minimum atomic E-state index is -0.168. The molecule has 1 aliphatic carbocycles. The SMILES string of the molecule is CCc1nnc(SCC(=O)Nc2sc3c(c2C#N)CCC(C(C)(C)C)C3)o1. The molecule has 0 radical (unpaired) electrons. The van der Waals surface area contributed by atoms with E-state index >= 15 is 0 Å². The fourth-order valence-electron chi connectivity index (χ4n) is 3.26. The second-order valence-corrected chi connectivity index (χ2v) is 9.81. The van der Waals surface area contributed by atoms with Crippen molar-refractivity contribution in [3.8, 4) is 6.07 Å². The van der Waals surface area contributed by atoms with Crippen LogP contribution >= 0.6 is 23.1 Å². The maximum atomic E-state index is 12.3. The van der Waals surface area contributed by atoms with Crippen LogP contribution in [0.1, 0.15) is 56.0 Å². The zero-order valence-electron chi connectivity index (χ0n) is 16.1.